The molecule has 0 spiro atoms. The molecule has 0 saturated carbocycles. The van der Waals surface area contributed by atoms with Crippen LogP contribution in [0.25, 0.3) is 99.9 Å². The summed E-state index contributed by atoms with van der Waals surface area (Å²) in [6, 6.07) is 57.2. The van der Waals surface area contributed by atoms with E-state index in [0.717, 1.165) is 77.4 Å². The molecule has 2 atom stereocenters. The van der Waals surface area contributed by atoms with Gasteiger partial charge in [0.15, 0.2) is 17.5 Å². The lowest BCUT2D eigenvalue weighted by Gasteiger charge is -2.16. The third kappa shape index (κ3) is 5.28. The van der Waals surface area contributed by atoms with Crippen molar-refractivity contribution in [3.8, 4) is 62.2 Å². The number of furan rings is 1. The van der Waals surface area contributed by atoms with Gasteiger partial charge in [-0.15, -0.1) is 0 Å². The summed E-state index contributed by atoms with van der Waals surface area (Å²) in [4.78, 5) is 15.6. The van der Waals surface area contributed by atoms with E-state index in [4.69, 9.17) is 24.1 Å². The zero-order valence-corrected chi connectivity index (χ0v) is 31.2. The molecule has 5 heteroatoms. The molecular weight excluding hydrogens is 711 g/mol. The molecule has 8 aromatic carbocycles. The van der Waals surface area contributed by atoms with E-state index in [1.54, 1.807) is 0 Å². The van der Waals surface area contributed by atoms with Crippen LogP contribution in [0, 0.1) is 0 Å². The van der Waals surface area contributed by atoms with Crippen LogP contribution < -0.4 is 4.74 Å². The number of benzene rings is 8. The Bertz CT molecular complexity index is 3340. The number of rotatable bonds is 5. The molecule has 1 aliphatic heterocycles. The zero-order chi connectivity index (χ0) is 38.2. The van der Waals surface area contributed by atoms with E-state index in [9.17, 15) is 0 Å². The van der Waals surface area contributed by atoms with Gasteiger partial charge in [0.05, 0.1) is 0 Å². The van der Waals surface area contributed by atoms with Crippen LogP contribution in [-0.4, -0.2) is 21.1 Å². The van der Waals surface area contributed by atoms with E-state index in [-0.39, 0.29) is 12.0 Å². The average Bonchev–Trinajstić information content (AvgIpc) is 3.88. The first kappa shape index (κ1) is 32.6. The second kappa shape index (κ2) is 13.0. The van der Waals surface area contributed by atoms with Gasteiger partial charge < -0.3 is 9.15 Å². The summed E-state index contributed by atoms with van der Waals surface area (Å²) in [5.41, 5.74) is 9.94. The number of aromatic nitrogens is 3. The van der Waals surface area contributed by atoms with E-state index in [1.165, 1.54) is 16.3 Å². The predicted molar refractivity (Wildman–Crippen MR) is 235 cm³/mol. The Labute approximate surface area is 334 Å². The van der Waals surface area contributed by atoms with Gasteiger partial charge in [-0.2, -0.15) is 0 Å². The Morgan fingerprint density at radius 3 is 1.84 bits per heavy atom. The molecule has 0 fully saturated rings. The summed E-state index contributed by atoms with van der Waals surface area (Å²) in [6.45, 7) is 0. The van der Waals surface area contributed by atoms with Crippen LogP contribution in [0.2, 0.25) is 0 Å². The molecule has 0 N–H and O–H groups in total. The Balaban J connectivity index is 1.02. The number of nitrogens with zero attached hydrogens (tertiary/aromatic N) is 3. The van der Waals surface area contributed by atoms with Gasteiger partial charge in [0.25, 0.3) is 0 Å². The van der Waals surface area contributed by atoms with Crippen molar-refractivity contribution in [2.75, 3.05) is 0 Å². The maximum Gasteiger partial charge on any atom is 0.164 e. The topological polar surface area (TPSA) is 61.0 Å². The normalized spacial score (nSPS) is 15.6. The van der Waals surface area contributed by atoms with Crippen molar-refractivity contribution in [1.82, 2.24) is 15.0 Å². The summed E-state index contributed by atoms with van der Waals surface area (Å²) in [5.74, 6) is 2.86. The van der Waals surface area contributed by atoms with Crippen LogP contribution >= 0.6 is 0 Å². The first-order chi connectivity index (χ1) is 28.7. The molecule has 2 aromatic heterocycles. The van der Waals surface area contributed by atoms with Gasteiger partial charge in [-0.3, -0.25) is 0 Å². The van der Waals surface area contributed by atoms with Crippen LogP contribution in [0.15, 0.2) is 193 Å². The Morgan fingerprint density at radius 1 is 0.431 bits per heavy atom. The van der Waals surface area contributed by atoms with Crippen LogP contribution in [0.4, 0.5) is 0 Å². The Kier molecular flexibility index (Phi) is 7.29. The van der Waals surface area contributed by atoms with Gasteiger partial charge in [0, 0.05) is 44.5 Å². The van der Waals surface area contributed by atoms with E-state index >= 15 is 0 Å². The standard InChI is InChI=1S/C53H33N3O2/c1-3-12-36-30-38(28-24-32(36)10-1)34-22-26-35(27-23-34)51-54-52(39-29-25-33-11-2-4-13-37(33)31-39)56-53(55-51)44-18-9-21-47-49(44)43-17-7-16-41(50(43)58-47)40-15-8-20-46-48(40)42-14-5-6-19-45(42)57-46/h1-31,42,45H. The summed E-state index contributed by atoms with van der Waals surface area (Å²) >= 11 is 0. The molecule has 10 aromatic rings. The maximum absolute atomic E-state index is 6.81. The van der Waals surface area contributed by atoms with Gasteiger partial charge in [-0.05, 0) is 68.6 Å². The van der Waals surface area contributed by atoms with Gasteiger partial charge in [-0.25, -0.2) is 15.0 Å². The number of fused-ring (bicyclic) bond motifs is 8. The average molecular weight is 744 g/mol. The molecule has 0 amide bonds. The predicted octanol–water partition coefficient (Wildman–Crippen LogP) is 13.4. The van der Waals surface area contributed by atoms with Crippen molar-refractivity contribution in [2.24, 2.45) is 0 Å². The van der Waals surface area contributed by atoms with Crippen LogP contribution in [0.3, 0.4) is 0 Å². The second-order valence-electron chi connectivity index (χ2n) is 15.1. The number of ether oxygens (including phenoxy) is 1. The highest BCUT2D eigenvalue weighted by Crippen LogP contribution is 2.49. The highest BCUT2D eigenvalue weighted by Gasteiger charge is 2.35. The maximum atomic E-state index is 6.81. The molecule has 0 saturated heterocycles. The minimum Gasteiger partial charge on any atom is -0.485 e. The van der Waals surface area contributed by atoms with E-state index < -0.39 is 0 Å². The van der Waals surface area contributed by atoms with E-state index in [0.29, 0.717) is 17.5 Å². The smallest absolute Gasteiger partial charge is 0.164 e. The number of para-hydroxylation sites is 1. The van der Waals surface area contributed by atoms with Gasteiger partial charge in [0.1, 0.15) is 23.0 Å². The molecule has 1 aliphatic carbocycles. The number of allylic oxidation sites excluding steroid dienone is 2. The summed E-state index contributed by atoms with van der Waals surface area (Å²) in [5, 5.41) is 6.71. The lowest BCUT2D eigenvalue weighted by atomic mass is 9.86. The number of hydrogen-bond acceptors (Lipinski definition) is 5. The summed E-state index contributed by atoms with van der Waals surface area (Å²) < 4.78 is 13.2. The largest absolute Gasteiger partial charge is 0.485 e. The fourth-order valence-corrected chi connectivity index (χ4v) is 8.84. The summed E-state index contributed by atoms with van der Waals surface area (Å²) in [7, 11) is 0. The molecule has 0 radical (unpaired) electrons. The van der Waals surface area contributed by atoms with Gasteiger partial charge in [-0.1, -0.05) is 158 Å². The molecular formula is C53H33N3O2. The van der Waals surface area contributed by atoms with Crippen molar-refractivity contribution < 1.29 is 9.15 Å². The SMILES string of the molecule is C1=CC2Oc3cccc(-c4cccc5c4oc4cccc(-c6nc(-c7ccc(-c8ccc9ccccc9c8)cc7)nc(-c7ccc8ccccc8c7)n6)c45)c3C2C=C1. The second-order valence-corrected chi connectivity index (χ2v) is 15.1. The highest BCUT2D eigenvalue weighted by molar-refractivity contribution is 6.15. The van der Waals surface area contributed by atoms with E-state index in [2.05, 4.69) is 176 Å². The van der Waals surface area contributed by atoms with Crippen LogP contribution in [0.5, 0.6) is 5.75 Å². The van der Waals surface area contributed by atoms with Gasteiger partial charge in [0.2, 0.25) is 0 Å². The molecule has 5 nitrogen and oxygen atoms in total. The fourth-order valence-electron chi connectivity index (χ4n) is 8.84. The monoisotopic (exact) mass is 743 g/mol. The van der Waals surface area contributed by atoms with Crippen molar-refractivity contribution >= 4 is 43.5 Å². The third-order valence-electron chi connectivity index (χ3n) is 11.7. The zero-order valence-electron chi connectivity index (χ0n) is 31.2. The highest BCUT2D eigenvalue weighted by atomic mass is 16.5. The third-order valence-corrected chi connectivity index (χ3v) is 11.7. The van der Waals surface area contributed by atoms with Crippen molar-refractivity contribution in [1.29, 1.82) is 0 Å². The molecule has 272 valence electrons. The molecule has 2 aliphatic rings. The quantitative estimate of drug-likeness (QED) is 0.176. The number of hydrogen-bond donors (Lipinski definition) is 0. The van der Waals surface area contributed by atoms with Crippen LogP contribution in [-0.2, 0) is 0 Å². The lowest BCUT2D eigenvalue weighted by molar-refractivity contribution is 0.269. The Morgan fingerprint density at radius 2 is 1.03 bits per heavy atom. The van der Waals surface area contributed by atoms with E-state index in [1.807, 2.05) is 12.1 Å². The first-order valence-electron chi connectivity index (χ1n) is 19.7. The summed E-state index contributed by atoms with van der Waals surface area (Å²) in [6.07, 6.45) is 8.54. The van der Waals surface area contributed by atoms with Crippen LogP contribution in [0.1, 0.15) is 11.5 Å². The lowest BCUT2D eigenvalue weighted by Crippen LogP contribution is -2.15. The molecule has 2 unspecified atom stereocenters. The molecule has 3 heterocycles. The minimum atomic E-state index is -0.00708. The molecule has 58 heavy (non-hydrogen) atoms. The first-order valence-corrected chi connectivity index (χ1v) is 19.7. The Hall–Kier alpha value is -7.63. The van der Waals surface area contributed by atoms with Crippen molar-refractivity contribution in [3.63, 3.8) is 0 Å². The molecule has 12 rings (SSSR count). The van der Waals surface area contributed by atoms with Crippen molar-refractivity contribution in [2.45, 2.75) is 12.0 Å². The van der Waals surface area contributed by atoms with Gasteiger partial charge >= 0.3 is 0 Å². The van der Waals surface area contributed by atoms with Crippen molar-refractivity contribution in [3.05, 3.63) is 194 Å². The fraction of sp³-hybridized carbons (Fsp3) is 0.0377. The minimum absolute atomic E-state index is 0.00708. The molecule has 0 bridgehead atoms.